The van der Waals surface area contributed by atoms with Gasteiger partial charge >= 0.3 is 12.4 Å². The van der Waals surface area contributed by atoms with Crippen molar-refractivity contribution in [3.63, 3.8) is 0 Å². The van der Waals surface area contributed by atoms with Gasteiger partial charge in [0.25, 0.3) is 0 Å². The highest BCUT2D eigenvalue weighted by Crippen LogP contribution is 2.30. The van der Waals surface area contributed by atoms with E-state index in [0.29, 0.717) is 6.08 Å². The van der Waals surface area contributed by atoms with Gasteiger partial charge in [-0.25, -0.2) is 4.99 Å². The van der Waals surface area contributed by atoms with Gasteiger partial charge in [-0.05, 0) is 30.7 Å². The molecule has 0 saturated heterocycles. The first-order chi connectivity index (χ1) is 9.59. The third-order valence-corrected chi connectivity index (χ3v) is 2.51. The highest BCUT2D eigenvalue weighted by molar-refractivity contribution is 6.02. The van der Waals surface area contributed by atoms with Gasteiger partial charge in [-0.3, -0.25) is 0 Å². The molecule has 0 aliphatic heterocycles. The van der Waals surface area contributed by atoms with Crippen LogP contribution in [0.25, 0.3) is 5.70 Å². The van der Waals surface area contributed by atoms with Gasteiger partial charge in [0.05, 0.1) is 11.3 Å². The summed E-state index contributed by atoms with van der Waals surface area (Å²) in [5.41, 5.74) is -2.04. The van der Waals surface area contributed by atoms with Crippen LogP contribution < -0.4 is 0 Å². The van der Waals surface area contributed by atoms with Crippen molar-refractivity contribution in [1.29, 1.82) is 0 Å². The van der Waals surface area contributed by atoms with Crippen molar-refractivity contribution in [3.8, 4) is 0 Å². The average molecular weight is 307 g/mol. The van der Waals surface area contributed by atoms with E-state index in [-0.39, 0.29) is 11.3 Å². The minimum atomic E-state index is -4.68. The maximum Gasteiger partial charge on any atom is 0.433 e. The molecule has 1 aromatic rings. The summed E-state index contributed by atoms with van der Waals surface area (Å²) >= 11 is 0. The molecule has 0 heterocycles. The Labute approximate surface area is 117 Å². The Hall–Kier alpha value is -2.05. The highest BCUT2D eigenvalue weighted by Gasteiger charge is 2.34. The first kappa shape index (κ1) is 17.0. The quantitative estimate of drug-likeness (QED) is 0.534. The zero-order valence-corrected chi connectivity index (χ0v) is 10.9. The van der Waals surface area contributed by atoms with E-state index in [0.717, 1.165) is 24.3 Å². The minimum Gasteiger partial charge on any atom is -0.244 e. The van der Waals surface area contributed by atoms with Crippen LogP contribution in [0.4, 0.5) is 26.3 Å². The highest BCUT2D eigenvalue weighted by atomic mass is 19.4. The normalized spacial score (nSPS) is 14.2. The van der Waals surface area contributed by atoms with Crippen molar-refractivity contribution in [1.82, 2.24) is 0 Å². The lowest BCUT2D eigenvalue weighted by Crippen LogP contribution is -2.20. The number of benzene rings is 1. The van der Waals surface area contributed by atoms with Gasteiger partial charge in [0.1, 0.15) is 5.71 Å². The summed E-state index contributed by atoms with van der Waals surface area (Å²) in [6, 6.07) is 3.71. The molecule has 0 radical (unpaired) electrons. The van der Waals surface area contributed by atoms with E-state index in [1.807, 2.05) is 0 Å². The predicted molar refractivity (Wildman–Crippen MR) is 68.8 cm³/mol. The second-order valence-electron chi connectivity index (χ2n) is 3.95. The summed E-state index contributed by atoms with van der Waals surface area (Å²) in [5.74, 6) is 0. The number of aliphatic imine (C=N–C) groups is 1. The van der Waals surface area contributed by atoms with Gasteiger partial charge in [-0.1, -0.05) is 24.8 Å². The van der Waals surface area contributed by atoms with Crippen LogP contribution in [-0.4, -0.2) is 11.9 Å². The summed E-state index contributed by atoms with van der Waals surface area (Å²) in [4.78, 5) is 3.40. The van der Waals surface area contributed by atoms with Crippen LogP contribution in [0.5, 0.6) is 0 Å². The smallest absolute Gasteiger partial charge is 0.244 e. The van der Waals surface area contributed by atoms with Gasteiger partial charge in [0, 0.05) is 0 Å². The molecule has 1 nitrogen and oxygen atoms in total. The molecule has 7 heteroatoms. The number of nitrogens with zero attached hydrogens (tertiary/aromatic N) is 1. The van der Waals surface area contributed by atoms with Crippen molar-refractivity contribution in [3.05, 3.63) is 54.1 Å². The van der Waals surface area contributed by atoms with Crippen LogP contribution in [0.2, 0.25) is 0 Å². The SMILES string of the molecule is C=CC(=N/C(=C\C)c1ccc(C(F)(F)F)cc1)C(F)(F)F. The number of rotatable bonds is 3. The summed E-state index contributed by atoms with van der Waals surface area (Å²) in [7, 11) is 0. The molecule has 0 atom stereocenters. The first-order valence-corrected chi connectivity index (χ1v) is 5.72. The zero-order valence-electron chi connectivity index (χ0n) is 10.9. The first-order valence-electron chi connectivity index (χ1n) is 5.72. The number of halogens is 6. The van der Waals surface area contributed by atoms with E-state index in [9.17, 15) is 26.3 Å². The van der Waals surface area contributed by atoms with E-state index in [1.54, 1.807) is 0 Å². The molecule has 0 saturated carbocycles. The minimum absolute atomic E-state index is 0.0871. The van der Waals surface area contributed by atoms with Gasteiger partial charge in [0.15, 0.2) is 0 Å². The Bertz CT molecular complexity index is 561. The molecule has 0 fully saturated rings. The van der Waals surface area contributed by atoms with E-state index in [2.05, 4.69) is 11.6 Å². The maximum absolute atomic E-state index is 12.6. The average Bonchev–Trinajstić information content (AvgIpc) is 2.38. The van der Waals surface area contributed by atoms with E-state index >= 15 is 0 Å². The molecular formula is C14H11F6N. The Balaban J connectivity index is 3.19. The third-order valence-electron chi connectivity index (χ3n) is 2.51. The van der Waals surface area contributed by atoms with Crippen molar-refractivity contribution < 1.29 is 26.3 Å². The maximum atomic E-state index is 12.6. The molecular weight excluding hydrogens is 296 g/mol. The second-order valence-corrected chi connectivity index (χ2v) is 3.95. The van der Waals surface area contributed by atoms with Crippen molar-refractivity contribution in [2.75, 3.05) is 0 Å². The second kappa shape index (κ2) is 6.15. The molecule has 1 rings (SSSR count). The summed E-state index contributed by atoms with van der Waals surface area (Å²) in [5, 5.41) is 0. The number of allylic oxidation sites excluding steroid dienone is 2. The lowest BCUT2D eigenvalue weighted by molar-refractivity contribution is -0.137. The van der Waals surface area contributed by atoms with Crippen molar-refractivity contribution in [2.45, 2.75) is 19.3 Å². The molecule has 0 aliphatic carbocycles. The Morgan fingerprint density at radius 1 is 1.05 bits per heavy atom. The van der Waals surface area contributed by atoms with Gasteiger partial charge in [0.2, 0.25) is 0 Å². The summed E-state index contributed by atoms with van der Waals surface area (Å²) < 4.78 is 75.0. The van der Waals surface area contributed by atoms with Crippen LogP contribution in [0.15, 0.2) is 48.0 Å². The molecule has 0 spiro atoms. The molecule has 1 aromatic carbocycles. The van der Waals surface area contributed by atoms with E-state index in [4.69, 9.17) is 0 Å². The van der Waals surface area contributed by atoms with Crippen molar-refractivity contribution >= 4 is 11.4 Å². The largest absolute Gasteiger partial charge is 0.433 e. The predicted octanol–water partition coefficient (Wildman–Crippen LogP) is 5.26. The fraction of sp³-hybridized carbons (Fsp3) is 0.214. The molecule has 21 heavy (non-hydrogen) atoms. The Morgan fingerprint density at radius 2 is 1.57 bits per heavy atom. The number of alkyl halides is 6. The molecule has 0 bridgehead atoms. The Kier molecular flexibility index (Phi) is 4.98. The summed E-state index contributed by atoms with van der Waals surface area (Å²) in [6.07, 6.45) is -7.36. The third kappa shape index (κ3) is 4.47. The number of hydrogen-bond acceptors (Lipinski definition) is 1. The number of hydrogen-bond donors (Lipinski definition) is 0. The van der Waals surface area contributed by atoms with E-state index in [1.165, 1.54) is 13.0 Å². The molecule has 0 amide bonds. The van der Waals surface area contributed by atoms with Crippen LogP contribution in [0.1, 0.15) is 18.1 Å². The topological polar surface area (TPSA) is 12.4 Å². The molecule has 0 aromatic heterocycles. The van der Waals surface area contributed by atoms with Crippen LogP contribution in [0, 0.1) is 0 Å². The molecule has 0 unspecified atom stereocenters. The van der Waals surface area contributed by atoms with Crippen LogP contribution in [-0.2, 0) is 6.18 Å². The fourth-order valence-corrected chi connectivity index (χ4v) is 1.48. The lowest BCUT2D eigenvalue weighted by atomic mass is 10.1. The van der Waals surface area contributed by atoms with E-state index < -0.39 is 23.6 Å². The molecule has 0 N–H and O–H groups in total. The lowest BCUT2D eigenvalue weighted by Gasteiger charge is -2.10. The summed E-state index contributed by atoms with van der Waals surface area (Å²) in [6.45, 7) is 4.47. The fourth-order valence-electron chi connectivity index (χ4n) is 1.48. The monoisotopic (exact) mass is 307 g/mol. The van der Waals surface area contributed by atoms with Gasteiger partial charge < -0.3 is 0 Å². The molecule has 0 aliphatic rings. The Morgan fingerprint density at radius 3 is 1.90 bits per heavy atom. The van der Waals surface area contributed by atoms with Crippen LogP contribution >= 0.6 is 0 Å². The van der Waals surface area contributed by atoms with Crippen molar-refractivity contribution in [2.24, 2.45) is 4.99 Å². The van der Waals surface area contributed by atoms with Gasteiger partial charge in [-0.2, -0.15) is 26.3 Å². The van der Waals surface area contributed by atoms with Crippen LogP contribution in [0.3, 0.4) is 0 Å². The molecule has 114 valence electrons. The zero-order chi connectivity index (χ0) is 16.3. The van der Waals surface area contributed by atoms with Gasteiger partial charge in [-0.15, -0.1) is 0 Å². The standard InChI is InChI=1S/C14H11F6N/c1-3-11(21-12(4-2)14(18,19)20)9-5-7-10(8-6-9)13(15,16)17/h3-8H,2H2,1H3/b11-3-,21-12?.